The lowest BCUT2D eigenvalue weighted by Crippen LogP contribution is -2.47. The Bertz CT molecular complexity index is 288. The molecule has 0 aromatic heterocycles. The average molecular weight is 207 g/mol. The Balaban J connectivity index is 2.35. The van der Waals surface area contributed by atoms with Gasteiger partial charge in [0.15, 0.2) is 5.96 Å². The first kappa shape index (κ1) is 10.8. The molecule has 2 aliphatic rings. The summed E-state index contributed by atoms with van der Waals surface area (Å²) in [6, 6.07) is 1.30. The summed E-state index contributed by atoms with van der Waals surface area (Å²) in [4.78, 5) is 9.15. The van der Waals surface area contributed by atoms with Crippen LogP contribution in [0.25, 0.3) is 0 Å². The van der Waals surface area contributed by atoms with Gasteiger partial charge in [-0.25, -0.2) is 0 Å². The maximum absolute atomic E-state index is 4.41. The maximum atomic E-state index is 4.41. The molecule has 4 heteroatoms. The van der Waals surface area contributed by atoms with Gasteiger partial charge in [-0.2, -0.15) is 0 Å². The monoisotopic (exact) mass is 207 g/mol. The largest absolute Gasteiger partial charge is 0.341 e. The Morgan fingerprint density at radius 1 is 1.40 bits per heavy atom. The molecular weight excluding hydrogens is 185 g/mol. The van der Waals surface area contributed by atoms with E-state index in [1.165, 1.54) is 19.3 Å². The summed E-state index contributed by atoms with van der Waals surface area (Å²) in [6.45, 7) is 2.40. The van der Waals surface area contributed by atoms with E-state index >= 15 is 0 Å². The molecule has 2 rings (SSSR count). The van der Waals surface area contributed by atoms with Crippen LogP contribution in [0.15, 0.2) is 4.99 Å². The number of guanidine groups is 1. The predicted octanol–water partition coefficient (Wildman–Crippen LogP) is 0.582. The molecule has 0 aromatic carbocycles. The Labute approximate surface area is 93.9 Å². The molecule has 3 unspecified atom stereocenters. The second-order valence-electron chi connectivity index (χ2n) is 5.64. The van der Waals surface area contributed by atoms with Gasteiger partial charge in [0.2, 0.25) is 0 Å². The minimum atomic E-state index is 0.415. The molecule has 0 spiro atoms. The Morgan fingerprint density at radius 3 is 2.60 bits per heavy atom. The number of rotatable bonds is 0. The van der Waals surface area contributed by atoms with E-state index in [-0.39, 0.29) is 0 Å². The molecule has 0 radical (unpaired) electrons. The zero-order chi connectivity index (χ0) is 11.2. The molecule has 3 atom stereocenters. The van der Waals surface area contributed by atoms with Crippen molar-refractivity contribution < 1.29 is 0 Å². The Hall–Kier alpha value is -0.665. The first-order valence-electron chi connectivity index (χ1n) is 5.91. The van der Waals surface area contributed by atoms with Gasteiger partial charge in [-0.1, -0.05) is 19.8 Å². The van der Waals surface area contributed by atoms with E-state index in [1.807, 2.05) is 7.05 Å². The van der Waals surface area contributed by atoms with Crippen molar-refractivity contribution in [3.63, 3.8) is 0 Å². The molecule has 1 aliphatic carbocycles. The molecule has 0 amide bonds. The highest BCUT2D eigenvalue weighted by atomic mass is 15.5. The van der Waals surface area contributed by atoms with Gasteiger partial charge >= 0.3 is 0 Å². The second-order valence-corrected chi connectivity index (χ2v) is 5.64. The molecule has 3 nitrogen and oxygen atoms in total. The van der Waals surface area contributed by atoms with Crippen LogP contribution in [-0.4, -0.2) is 56.8 Å². The number of hydrogen-bond acceptors (Lipinski definition) is 1. The summed E-state index contributed by atoms with van der Waals surface area (Å²) in [7, 11) is 8.67. The third kappa shape index (κ3) is 1.45. The SMILES string of the molecule is BC1(C)CCCC2C1N(C)/C(=N\C)N2C. The minimum Gasteiger partial charge on any atom is -0.341 e. The molecule has 1 saturated carbocycles. The highest BCUT2D eigenvalue weighted by Crippen LogP contribution is 2.46. The highest BCUT2D eigenvalue weighted by molar-refractivity contribution is 6.16. The summed E-state index contributed by atoms with van der Waals surface area (Å²) < 4.78 is 0. The lowest BCUT2D eigenvalue weighted by Gasteiger charge is -2.43. The summed E-state index contributed by atoms with van der Waals surface area (Å²) >= 11 is 0. The quantitative estimate of drug-likeness (QED) is 0.541. The molecular formula is C11H22BN3. The van der Waals surface area contributed by atoms with Crippen molar-refractivity contribution in [3.05, 3.63) is 0 Å². The first-order valence-corrected chi connectivity index (χ1v) is 5.91. The molecule has 0 aromatic rings. The molecule has 2 fully saturated rings. The van der Waals surface area contributed by atoms with Gasteiger partial charge in [-0.3, -0.25) is 4.99 Å². The first-order chi connectivity index (χ1) is 6.99. The van der Waals surface area contributed by atoms with Crippen LogP contribution in [0.1, 0.15) is 26.2 Å². The van der Waals surface area contributed by atoms with Crippen molar-refractivity contribution in [2.75, 3.05) is 21.1 Å². The molecule has 0 N–H and O–H groups in total. The van der Waals surface area contributed by atoms with E-state index in [0.717, 1.165) is 5.96 Å². The number of hydrogen-bond donors (Lipinski definition) is 0. The van der Waals surface area contributed by atoms with Crippen LogP contribution in [0, 0.1) is 0 Å². The van der Waals surface area contributed by atoms with Crippen molar-refractivity contribution in [2.45, 2.75) is 43.6 Å². The van der Waals surface area contributed by atoms with Gasteiger partial charge in [0.1, 0.15) is 7.85 Å². The third-order valence-electron chi connectivity index (χ3n) is 4.23. The van der Waals surface area contributed by atoms with Crippen molar-refractivity contribution in [3.8, 4) is 0 Å². The topological polar surface area (TPSA) is 18.8 Å². The second kappa shape index (κ2) is 3.43. The van der Waals surface area contributed by atoms with E-state index in [2.05, 4.69) is 43.7 Å². The fourth-order valence-electron chi connectivity index (χ4n) is 3.62. The van der Waals surface area contributed by atoms with E-state index in [4.69, 9.17) is 0 Å². The number of aliphatic imine (C=N–C) groups is 1. The van der Waals surface area contributed by atoms with Gasteiger partial charge in [-0.05, 0) is 11.7 Å². The van der Waals surface area contributed by atoms with Crippen LogP contribution in [0.5, 0.6) is 0 Å². The summed E-state index contributed by atoms with van der Waals surface area (Å²) in [5.41, 5.74) is 0. The van der Waals surface area contributed by atoms with E-state index in [9.17, 15) is 0 Å². The lowest BCUT2D eigenvalue weighted by atomic mass is 9.57. The third-order valence-corrected chi connectivity index (χ3v) is 4.23. The smallest absolute Gasteiger partial charge is 0.196 e. The van der Waals surface area contributed by atoms with Gasteiger partial charge < -0.3 is 9.80 Å². The van der Waals surface area contributed by atoms with E-state index in [0.29, 0.717) is 17.4 Å². The predicted molar refractivity (Wildman–Crippen MR) is 67.2 cm³/mol. The van der Waals surface area contributed by atoms with Crippen LogP contribution >= 0.6 is 0 Å². The van der Waals surface area contributed by atoms with Crippen LogP contribution in [0.3, 0.4) is 0 Å². The van der Waals surface area contributed by atoms with Crippen LogP contribution in [0.4, 0.5) is 0 Å². The number of fused-ring (bicyclic) bond motifs is 1. The summed E-state index contributed by atoms with van der Waals surface area (Å²) in [6.07, 6.45) is 4.00. The van der Waals surface area contributed by atoms with E-state index < -0.39 is 0 Å². The maximum Gasteiger partial charge on any atom is 0.196 e. The van der Waals surface area contributed by atoms with Crippen LogP contribution in [-0.2, 0) is 0 Å². The van der Waals surface area contributed by atoms with Gasteiger partial charge in [0.05, 0.1) is 12.1 Å². The molecule has 84 valence electrons. The Kier molecular flexibility index (Phi) is 2.48. The van der Waals surface area contributed by atoms with Crippen molar-refractivity contribution >= 4 is 13.8 Å². The van der Waals surface area contributed by atoms with Gasteiger partial charge in [0.25, 0.3) is 0 Å². The fraction of sp³-hybridized carbons (Fsp3) is 0.909. The van der Waals surface area contributed by atoms with Crippen molar-refractivity contribution in [2.24, 2.45) is 4.99 Å². The van der Waals surface area contributed by atoms with Crippen molar-refractivity contribution in [1.82, 2.24) is 9.80 Å². The molecule has 1 saturated heterocycles. The normalized spacial score (nSPS) is 43.6. The summed E-state index contributed by atoms with van der Waals surface area (Å²) in [5.74, 6) is 1.15. The average Bonchev–Trinajstić information content (AvgIpc) is 2.39. The highest BCUT2D eigenvalue weighted by Gasteiger charge is 2.49. The van der Waals surface area contributed by atoms with Crippen LogP contribution in [0.2, 0.25) is 5.31 Å². The number of nitrogens with zero attached hydrogens (tertiary/aromatic N) is 3. The zero-order valence-corrected chi connectivity index (χ0v) is 10.6. The molecule has 15 heavy (non-hydrogen) atoms. The molecule has 1 heterocycles. The standard InChI is InChI=1S/C11H22BN3/c1-11(12)7-5-6-8-9(11)15(4)10(13-2)14(8)3/h8-9H,5-7,12H2,1-4H3/b13-10-. The molecule has 1 aliphatic heterocycles. The zero-order valence-electron chi connectivity index (χ0n) is 10.6. The minimum absolute atomic E-state index is 0.415. The van der Waals surface area contributed by atoms with Gasteiger partial charge in [-0.15, -0.1) is 0 Å². The Morgan fingerprint density at radius 2 is 2.07 bits per heavy atom. The lowest BCUT2D eigenvalue weighted by molar-refractivity contribution is 0.185. The van der Waals surface area contributed by atoms with Crippen molar-refractivity contribution in [1.29, 1.82) is 0 Å². The van der Waals surface area contributed by atoms with Gasteiger partial charge in [0, 0.05) is 21.1 Å². The van der Waals surface area contributed by atoms with E-state index in [1.54, 1.807) is 0 Å². The number of likely N-dealkylation sites (N-methyl/N-ethyl adjacent to an activating group) is 2. The molecule has 0 bridgehead atoms. The summed E-state index contributed by atoms with van der Waals surface area (Å²) in [5, 5.41) is 0.415. The fourth-order valence-corrected chi connectivity index (χ4v) is 3.62. The van der Waals surface area contributed by atoms with Crippen LogP contribution < -0.4 is 0 Å².